The second-order valence-electron chi connectivity index (χ2n) is 24.4. The number of likely N-dealkylation sites (N-methyl/N-ethyl adjacent to an activating group) is 1. The predicted molar refractivity (Wildman–Crippen MR) is 347 cm³/mol. The summed E-state index contributed by atoms with van der Waals surface area (Å²) in [6, 6.07) is -4.91. The van der Waals surface area contributed by atoms with Crippen molar-refractivity contribution in [1.82, 2.24) is 58.5 Å². The Hall–Kier alpha value is -7.83. The summed E-state index contributed by atoms with van der Waals surface area (Å²) in [5.41, 5.74) is 11.9. The third-order valence-corrected chi connectivity index (χ3v) is 17.2. The van der Waals surface area contributed by atoms with E-state index < -0.39 is 212 Å². The smallest absolute Gasteiger partial charge is 0.407 e. The summed E-state index contributed by atoms with van der Waals surface area (Å²) in [6.07, 6.45) is -1.12. The fraction of sp³-hybridized carbons (Fsp3) is 0.703. The number of hydrogen-bond donors (Lipinski definition) is 15. The van der Waals surface area contributed by atoms with Crippen molar-refractivity contribution in [2.24, 2.45) is 41.1 Å². The van der Waals surface area contributed by atoms with Crippen LogP contribution in [0.3, 0.4) is 0 Å². The lowest BCUT2D eigenvalue weighted by Crippen LogP contribution is -2.63. The molecule has 1 unspecified atom stereocenters. The van der Waals surface area contributed by atoms with E-state index in [0.29, 0.717) is 38.5 Å². The standard InChI is InChI=1S/C64H107N13O17/c1-13-34(6)49(74-57(85)44(67-12)30-40-23-19-18-20-24-40)60(88)71-45(32-78)58(86)70-43(26-27-48(66)81)56(84)73-51(36(8)15-3)62(90)75-50(35(7)14-2)61(89)72-46(33-79)59(87)77-53-39(11)93-63(91)52(37(9)16-4)76-55(83)42(69-54(82)38(10)29-47(53)80)25-21-22-28-68-64(92)94-41(17-5)31-65/h18-20,23-24,34-39,41-46,49-53,67,78-79H,13-17,21-22,25-33,65H2,1-12H3,(H2,66,81)(H,68,92)(H,69,82)(H,70,86)(H,71,88)(H,72,89)(H,73,84)(H,74,85)(H,75,90)(H,76,83)(H,77,87)/t34-,35-,36+,37-,38+,39-,41?,42-,43+,44+,45-,46-,49-,50-,51+,52-,53+/m0/s1. The minimum atomic E-state index is -1.81. The van der Waals surface area contributed by atoms with Gasteiger partial charge in [0.05, 0.1) is 19.3 Å². The van der Waals surface area contributed by atoms with Crippen LogP contribution in [0.5, 0.6) is 0 Å². The lowest BCUT2D eigenvalue weighted by molar-refractivity contribution is -0.157. The van der Waals surface area contributed by atoms with E-state index in [4.69, 9.17) is 20.9 Å². The number of carbonyl (C=O) groups is 13. The van der Waals surface area contributed by atoms with Gasteiger partial charge in [0, 0.05) is 31.8 Å². The first-order chi connectivity index (χ1) is 44.5. The Labute approximate surface area is 551 Å². The molecule has 17 N–H and O–H groups in total. The minimum Gasteiger partial charge on any atom is -0.458 e. The Morgan fingerprint density at radius 3 is 1.63 bits per heavy atom. The summed E-state index contributed by atoms with van der Waals surface area (Å²) in [5, 5.41) is 49.8. The summed E-state index contributed by atoms with van der Waals surface area (Å²) < 4.78 is 11.0. The van der Waals surface area contributed by atoms with Gasteiger partial charge in [0.25, 0.3) is 0 Å². The van der Waals surface area contributed by atoms with Gasteiger partial charge in [0.2, 0.25) is 59.1 Å². The fourth-order valence-electron chi connectivity index (χ4n) is 9.99. The molecule has 0 bridgehead atoms. The Kier molecular flexibility index (Phi) is 37.2. The van der Waals surface area contributed by atoms with E-state index in [-0.39, 0.29) is 32.4 Å². The molecule has 2 rings (SSSR count). The number of Topliss-reactive ketones (excluding diaryl/α,β-unsaturated/α-hetero) is 1. The molecule has 11 amide bonds. The number of alkyl carbamates (subject to hydrolysis) is 1. The zero-order valence-corrected chi connectivity index (χ0v) is 56.7. The number of carbonyl (C=O) groups excluding carboxylic acids is 13. The van der Waals surface area contributed by atoms with Gasteiger partial charge in [-0.15, -0.1) is 0 Å². The van der Waals surface area contributed by atoms with Crippen LogP contribution in [0.4, 0.5) is 4.79 Å². The van der Waals surface area contributed by atoms with Gasteiger partial charge in [0.1, 0.15) is 66.6 Å². The molecule has 1 aliphatic heterocycles. The molecule has 0 saturated carbocycles. The predicted octanol–water partition coefficient (Wildman–Crippen LogP) is -1.21. The van der Waals surface area contributed by atoms with Gasteiger partial charge in [-0.05, 0) is 81.7 Å². The quantitative estimate of drug-likeness (QED) is 0.0273. The van der Waals surface area contributed by atoms with E-state index >= 15 is 0 Å². The molecule has 0 spiro atoms. The molecule has 94 heavy (non-hydrogen) atoms. The number of benzene rings is 1. The summed E-state index contributed by atoms with van der Waals surface area (Å²) in [7, 11) is 1.60. The average Bonchev–Trinajstić information content (AvgIpc) is 1.28. The second-order valence-corrected chi connectivity index (χ2v) is 24.4. The highest BCUT2D eigenvalue weighted by Crippen LogP contribution is 2.19. The van der Waals surface area contributed by atoms with E-state index in [1.54, 1.807) is 62.4 Å². The summed E-state index contributed by atoms with van der Waals surface area (Å²) in [6.45, 7) is 16.4. The third kappa shape index (κ3) is 26.9. The molecule has 0 aliphatic carbocycles. The second kappa shape index (κ2) is 42.5. The normalized spacial score (nSPS) is 20.9. The van der Waals surface area contributed by atoms with Crippen LogP contribution in [0, 0.1) is 29.6 Å². The number of hydrogen-bond acceptors (Lipinski definition) is 19. The minimum absolute atomic E-state index is 0.0659. The number of unbranched alkanes of at least 4 members (excludes halogenated alkanes) is 1. The Morgan fingerprint density at radius 2 is 1.14 bits per heavy atom. The number of nitrogens with two attached hydrogens (primary N) is 2. The van der Waals surface area contributed by atoms with Gasteiger partial charge in [-0.2, -0.15) is 0 Å². The molecule has 1 aromatic rings. The van der Waals surface area contributed by atoms with E-state index in [2.05, 4.69) is 58.5 Å². The molecule has 1 aromatic carbocycles. The zero-order valence-electron chi connectivity index (χ0n) is 56.7. The largest absolute Gasteiger partial charge is 0.458 e. The molecule has 1 fully saturated rings. The van der Waals surface area contributed by atoms with Crippen LogP contribution < -0.4 is 70.0 Å². The lowest BCUT2D eigenvalue weighted by Gasteiger charge is -2.31. The molecule has 30 nitrogen and oxygen atoms in total. The molecule has 30 heteroatoms. The van der Waals surface area contributed by atoms with Crippen LogP contribution >= 0.6 is 0 Å². The zero-order chi connectivity index (χ0) is 70.9. The van der Waals surface area contributed by atoms with E-state index in [9.17, 15) is 72.5 Å². The fourth-order valence-corrected chi connectivity index (χ4v) is 9.99. The van der Waals surface area contributed by atoms with Crippen LogP contribution in [-0.4, -0.2) is 193 Å². The molecule has 1 aliphatic rings. The Bertz CT molecular complexity index is 2670. The maximum absolute atomic E-state index is 14.4. The summed E-state index contributed by atoms with van der Waals surface area (Å²) in [4.78, 5) is 179. The van der Waals surface area contributed by atoms with Gasteiger partial charge in [-0.1, -0.05) is 125 Å². The summed E-state index contributed by atoms with van der Waals surface area (Å²) in [5.74, 6) is -13.9. The molecule has 0 aromatic heterocycles. The molecular weight excluding hydrogens is 1220 g/mol. The topological polar surface area (TPSA) is 465 Å². The highest BCUT2D eigenvalue weighted by Gasteiger charge is 2.41. The number of aliphatic hydroxyl groups excluding tert-OH is 2. The molecule has 1 heterocycles. The first-order valence-corrected chi connectivity index (χ1v) is 32.8. The van der Waals surface area contributed by atoms with Crippen LogP contribution in [0.1, 0.15) is 152 Å². The van der Waals surface area contributed by atoms with Crippen LogP contribution in [0.2, 0.25) is 0 Å². The average molecular weight is 1330 g/mol. The Morgan fingerprint density at radius 1 is 0.638 bits per heavy atom. The first-order valence-electron chi connectivity index (χ1n) is 32.8. The molecular formula is C64H107N13O17. The number of cyclic esters (lactones) is 1. The number of nitrogens with one attached hydrogen (secondary N) is 11. The van der Waals surface area contributed by atoms with Gasteiger partial charge >= 0.3 is 12.1 Å². The third-order valence-electron chi connectivity index (χ3n) is 17.2. The van der Waals surface area contributed by atoms with Crippen molar-refractivity contribution in [2.75, 3.05) is 33.4 Å². The molecule has 1 saturated heterocycles. The number of primary amides is 1. The van der Waals surface area contributed by atoms with Crippen LogP contribution in [-0.2, 0) is 73.4 Å². The van der Waals surface area contributed by atoms with E-state index in [1.807, 2.05) is 37.3 Å². The van der Waals surface area contributed by atoms with Crippen molar-refractivity contribution in [2.45, 2.75) is 226 Å². The number of ketones is 1. The Balaban J connectivity index is 2.38. The van der Waals surface area contributed by atoms with Crippen LogP contribution in [0.15, 0.2) is 30.3 Å². The molecule has 530 valence electrons. The van der Waals surface area contributed by atoms with Crippen molar-refractivity contribution in [3.8, 4) is 0 Å². The van der Waals surface area contributed by atoms with Crippen molar-refractivity contribution >= 4 is 76.9 Å². The van der Waals surface area contributed by atoms with Gasteiger partial charge in [0.15, 0.2) is 5.78 Å². The highest BCUT2D eigenvalue weighted by molar-refractivity contribution is 5.99. The van der Waals surface area contributed by atoms with Gasteiger partial charge < -0.3 is 89.6 Å². The van der Waals surface area contributed by atoms with Crippen molar-refractivity contribution in [3.05, 3.63) is 35.9 Å². The summed E-state index contributed by atoms with van der Waals surface area (Å²) >= 11 is 0. The molecule has 0 radical (unpaired) electrons. The van der Waals surface area contributed by atoms with E-state index in [0.717, 1.165) is 5.56 Å². The van der Waals surface area contributed by atoms with Crippen molar-refractivity contribution in [1.29, 1.82) is 0 Å². The van der Waals surface area contributed by atoms with Crippen LogP contribution in [0.25, 0.3) is 0 Å². The number of ether oxygens (including phenoxy) is 2. The van der Waals surface area contributed by atoms with Gasteiger partial charge in [-0.3, -0.25) is 52.7 Å². The van der Waals surface area contributed by atoms with Crippen molar-refractivity contribution in [3.63, 3.8) is 0 Å². The van der Waals surface area contributed by atoms with Crippen molar-refractivity contribution < 1.29 is 82.0 Å². The molecule has 17 atom stereocenters. The number of rotatable bonds is 38. The highest BCUT2D eigenvalue weighted by atomic mass is 16.6. The number of aliphatic hydroxyl groups is 2. The maximum Gasteiger partial charge on any atom is 0.407 e. The SMILES string of the molecule is CCC(CN)OC(=O)NCCCC[C@@H]1NC(=O)[C@H](C)CC(=O)[C@H](NC(=O)[C@H](CO)NC(=O)[C@@H](NC(=O)[C@H](NC(=O)[C@@H](CCC(N)=O)NC(=O)[C@H](CO)NC(=O)[C@@H](NC(=O)[C@@H](Cc2ccccc2)NC)[C@@H](C)CC)[C@H](C)CC)[C@@H](C)CC)[C@H](C)OC(=O)[C@H]([C@@H](C)CC)NC1=O. The van der Waals surface area contributed by atoms with Gasteiger partial charge in [-0.25, -0.2) is 9.59 Å². The maximum atomic E-state index is 14.4. The number of amides is 11. The monoisotopic (exact) mass is 1330 g/mol. The number of esters is 1. The first kappa shape index (κ1) is 82.3. The lowest BCUT2D eigenvalue weighted by atomic mass is 9.94. The van der Waals surface area contributed by atoms with E-state index in [1.165, 1.54) is 13.8 Å².